The summed E-state index contributed by atoms with van der Waals surface area (Å²) in [6, 6.07) is 0. The Balaban J connectivity index is 2.28. The van der Waals surface area contributed by atoms with Crippen LogP contribution in [0.15, 0.2) is 22.2 Å². The molecular weight excluding hydrogens is 439 g/mol. The highest BCUT2D eigenvalue weighted by atomic mass is 19.4. The first-order chi connectivity index (χ1) is 15.0. The molecule has 0 aliphatic carbocycles. The van der Waals surface area contributed by atoms with Crippen molar-refractivity contribution >= 4 is 29.0 Å². The number of aryl methyl sites for hydroxylation is 1. The predicted octanol–water partition coefficient (Wildman–Crippen LogP) is -1.42. The summed E-state index contributed by atoms with van der Waals surface area (Å²) in [6.07, 6.45) is -6.64. The molecule has 3 N–H and O–H groups in total. The van der Waals surface area contributed by atoms with Crippen LogP contribution in [0.1, 0.15) is 6.23 Å². The standard InChI is InChI=1S/C17H20F3N7O5/c1-3-6-26-9-11(23-15(26)25-7-4-22-5-8-25)24(2)16(31)27(12(9)29)13(10(21)28)32-14(30)17(18,19)20/h3,13,22H,1,4-8H2,2H3,(H2,21,28). The number of allylic oxidation sites excluding steroid dienone is 1. The van der Waals surface area contributed by atoms with Gasteiger partial charge in [-0.2, -0.15) is 18.2 Å². The van der Waals surface area contributed by atoms with E-state index in [1.54, 1.807) is 0 Å². The van der Waals surface area contributed by atoms with E-state index in [9.17, 15) is 32.3 Å². The molecule has 1 atom stereocenters. The van der Waals surface area contributed by atoms with Crippen molar-refractivity contribution in [1.29, 1.82) is 0 Å². The molecule has 1 amide bonds. The lowest BCUT2D eigenvalue weighted by Gasteiger charge is -2.28. The molecule has 15 heteroatoms. The molecule has 174 valence electrons. The van der Waals surface area contributed by atoms with Crippen molar-refractivity contribution in [2.24, 2.45) is 12.8 Å². The Morgan fingerprint density at radius 2 is 1.94 bits per heavy atom. The number of amides is 1. The number of halogens is 3. The molecule has 0 bridgehead atoms. The first-order valence-corrected chi connectivity index (χ1v) is 9.34. The SMILES string of the molecule is C=CCn1c(N2CCNCC2)nc2c1c(=O)n(C(OC(=O)C(F)(F)F)C(N)=O)c(=O)n2C. The molecule has 3 rings (SSSR count). The maximum Gasteiger partial charge on any atom is 0.491 e. The van der Waals surface area contributed by atoms with E-state index >= 15 is 0 Å². The molecule has 0 radical (unpaired) electrons. The third kappa shape index (κ3) is 3.98. The van der Waals surface area contributed by atoms with Gasteiger partial charge in [-0.15, -0.1) is 6.58 Å². The first kappa shape index (κ1) is 23.1. The molecule has 32 heavy (non-hydrogen) atoms. The number of nitrogens with one attached hydrogen (secondary N) is 1. The second-order valence-corrected chi connectivity index (χ2v) is 6.89. The number of nitrogens with zero attached hydrogens (tertiary/aromatic N) is 5. The lowest BCUT2D eigenvalue weighted by atomic mass is 10.4. The number of hydrogen-bond donors (Lipinski definition) is 2. The number of fused-ring (bicyclic) bond motifs is 1. The van der Waals surface area contributed by atoms with Gasteiger partial charge in [0.15, 0.2) is 11.2 Å². The minimum absolute atomic E-state index is 0.0623. The van der Waals surface area contributed by atoms with Crippen LogP contribution in [0.5, 0.6) is 0 Å². The zero-order valence-electron chi connectivity index (χ0n) is 16.9. The maximum atomic E-state index is 13.2. The van der Waals surface area contributed by atoms with Gasteiger partial charge in [-0.25, -0.2) is 14.2 Å². The van der Waals surface area contributed by atoms with E-state index in [4.69, 9.17) is 5.73 Å². The second kappa shape index (κ2) is 8.49. The summed E-state index contributed by atoms with van der Waals surface area (Å²) < 4.78 is 44.4. The average Bonchev–Trinajstić information content (AvgIpc) is 3.11. The molecule has 1 saturated heterocycles. The largest absolute Gasteiger partial charge is 0.491 e. The average molecular weight is 459 g/mol. The van der Waals surface area contributed by atoms with Gasteiger partial charge in [0.2, 0.25) is 5.95 Å². The lowest BCUT2D eigenvalue weighted by molar-refractivity contribution is -0.209. The number of carbonyl (C=O) groups excluding carboxylic acids is 2. The Morgan fingerprint density at radius 3 is 2.47 bits per heavy atom. The van der Waals surface area contributed by atoms with Crippen LogP contribution in [0.25, 0.3) is 11.2 Å². The molecule has 1 fully saturated rings. The summed E-state index contributed by atoms with van der Waals surface area (Å²) >= 11 is 0. The van der Waals surface area contributed by atoms with Crippen molar-refractivity contribution in [1.82, 2.24) is 24.0 Å². The van der Waals surface area contributed by atoms with Crippen LogP contribution in [0, 0.1) is 0 Å². The summed E-state index contributed by atoms with van der Waals surface area (Å²) in [5, 5.41) is 3.16. The molecule has 2 aromatic rings. The van der Waals surface area contributed by atoms with E-state index in [0.29, 0.717) is 32.1 Å². The zero-order chi connectivity index (χ0) is 23.8. The monoisotopic (exact) mass is 459 g/mol. The molecule has 3 heterocycles. The molecular formula is C17H20F3N7O5. The number of alkyl halides is 3. The summed E-state index contributed by atoms with van der Waals surface area (Å²) in [5.41, 5.74) is 2.36. The highest BCUT2D eigenvalue weighted by Crippen LogP contribution is 2.22. The number of ether oxygens (including phenoxy) is 1. The number of imidazole rings is 1. The molecule has 1 unspecified atom stereocenters. The highest BCUT2D eigenvalue weighted by Gasteiger charge is 2.44. The van der Waals surface area contributed by atoms with Crippen molar-refractivity contribution in [2.45, 2.75) is 18.9 Å². The minimum atomic E-state index is -5.48. The summed E-state index contributed by atoms with van der Waals surface area (Å²) in [5.74, 6) is -4.09. The summed E-state index contributed by atoms with van der Waals surface area (Å²) in [4.78, 5) is 55.3. The van der Waals surface area contributed by atoms with Crippen molar-refractivity contribution in [3.05, 3.63) is 33.5 Å². The first-order valence-electron chi connectivity index (χ1n) is 9.34. The normalized spacial score (nSPS) is 15.6. The molecule has 2 aromatic heterocycles. The van der Waals surface area contributed by atoms with Crippen molar-refractivity contribution < 1.29 is 27.5 Å². The highest BCUT2D eigenvalue weighted by molar-refractivity contribution is 5.83. The van der Waals surface area contributed by atoms with Gasteiger partial charge in [0, 0.05) is 39.8 Å². The zero-order valence-corrected chi connectivity index (χ0v) is 16.9. The number of rotatable bonds is 6. The molecule has 12 nitrogen and oxygen atoms in total. The van der Waals surface area contributed by atoms with Gasteiger partial charge in [0.05, 0.1) is 0 Å². The minimum Gasteiger partial charge on any atom is -0.424 e. The molecule has 0 saturated carbocycles. The van der Waals surface area contributed by atoms with Crippen molar-refractivity contribution in [3.8, 4) is 0 Å². The predicted molar refractivity (Wildman–Crippen MR) is 105 cm³/mol. The van der Waals surface area contributed by atoms with E-state index in [0.717, 1.165) is 4.57 Å². The molecule has 0 aromatic carbocycles. The third-order valence-electron chi connectivity index (χ3n) is 4.80. The van der Waals surface area contributed by atoms with Gasteiger partial charge in [0.25, 0.3) is 17.7 Å². The fourth-order valence-electron chi connectivity index (χ4n) is 3.35. The fourth-order valence-corrected chi connectivity index (χ4v) is 3.35. The van der Waals surface area contributed by atoms with Crippen LogP contribution in [0.3, 0.4) is 0 Å². The van der Waals surface area contributed by atoms with Gasteiger partial charge in [-0.1, -0.05) is 6.08 Å². The number of nitrogens with two attached hydrogens (primary N) is 1. The van der Waals surface area contributed by atoms with Crippen LogP contribution in [0.4, 0.5) is 19.1 Å². The van der Waals surface area contributed by atoms with Crippen molar-refractivity contribution in [3.63, 3.8) is 0 Å². The van der Waals surface area contributed by atoms with Crippen LogP contribution < -0.4 is 27.2 Å². The molecule has 1 aliphatic heterocycles. The van der Waals surface area contributed by atoms with E-state index in [1.807, 2.05) is 4.90 Å². The Hall–Kier alpha value is -3.62. The molecule has 1 aliphatic rings. The topological polar surface area (TPSA) is 146 Å². The Bertz CT molecular complexity index is 1190. The van der Waals surface area contributed by atoms with Crippen LogP contribution in [-0.2, 0) is 27.9 Å². The number of hydrogen-bond acceptors (Lipinski definition) is 8. The number of anilines is 1. The van der Waals surface area contributed by atoms with Gasteiger partial charge in [-0.05, 0) is 0 Å². The molecule has 0 spiro atoms. The maximum absolute atomic E-state index is 13.2. The summed E-state index contributed by atoms with van der Waals surface area (Å²) in [6.45, 7) is 6.04. The third-order valence-corrected chi connectivity index (χ3v) is 4.80. The number of esters is 1. The van der Waals surface area contributed by atoms with E-state index in [-0.39, 0.29) is 22.3 Å². The Morgan fingerprint density at radius 1 is 1.31 bits per heavy atom. The van der Waals surface area contributed by atoms with Gasteiger partial charge in [0.1, 0.15) is 0 Å². The summed E-state index contributed by atoms with van der Waals surface area (Å²) in [7, 11) is 1.21. The Labute approximate surface area is 177 Å². The number of carbonyl (C=O) groups is 2. The van der Waals surface area contributed by atoms with E-state index in [1.165, 1.54) is 17.7 Å². The van der Waals surface area contributed by atoms with Crippen LogP contribution in [0.2, 0.25) is 0 Å². The quantitative estimate of drug-likeness (QED) is 0.395. The number of aromatic nitrogens is 4. The van der Waals surface area contributed by atoms with E-state index in [2.05, 4.69) is 21.6 Å². The number of piperazine rings is 1. The smallest absolute Gasteiger partial charge is 0.424 e. The van der Waals surface area contributed by atoms with Crippen LogP contribution in [-0.4, -0.2) is 62.9 Å². The van der Waals surface area contributed by atoms with Gasteiger partial charge < -0.3 is 25.3 Å². The lowest BCUT2D eigenvalue weighted by Crippen LogP contribution is -2.48. The number of primary amides is 1. The van der Waals surface area contributed by atoms with E-state index < -0.39 is 35.5 Å². The van der Waals surface area contributed by atoms with Crippen LogP contribution >= 0.6 is 0 Å². The van der Waals surface area contributed by atoms with Crippen molar-refractivity contribution in [2.75, 3.05) is 31.1 Å². The Kier molecular flexibility index (Phi) is 6.11. The van der Waals surface area contributed by atoms with Gasteiger partial charge in [-0.3, -0.25) is 14.2 Å². The fraction of sp³-hybridized carbons (Fsp3) is 0.471. The second-order valence-electron chi connectivity index (χ2n) is 6.89. The van der Waals surface area contributed by atoms with Gasteiger partial charge >= 0.3 is 17.8 Å².